The van der Waals surface area contributed by atoms with Crippen molar-refractivity contribution in [3.63, 3.8) is 0 Å². The van der Waals surface area contributed by atoms with Crippen LogP contribution in [0.2, 0.25) is 0 Å². The zero-order valence-corrected chi connectivity index (χ0v) is 28.3. The minimum absolute atomic E-state index is 0.0201. The van der Waals surface area contributed by atoms with Gasteiger partial charge in [-0.25, -0.2) is 14.0 Å². The molecule has 0 aliphatic rings. The number of rotatable bonds is 15. The minimum Gasteiger partial charge on any atom is -0.438 e. The maximum atomic E-state index is 13.9. The number of aromatic nitrogens is 3. The molecule has 2 aromatic heterocycles. The Morgan fingerprint density at radius 2 is 1.67 bits per heavy atom. The molecule has 13 nitrogen and oxygen atoms in total. The van der Waals surface area contributed by atoms with Crippen LogP contribution in [0, 0.1) is 5.92 Å². The Labute approximate surface area is 278 Å². The average Bonchev–Trinajstić information content (AvgIpc) is 3.45. The second-order valence-corrected chi connectivity index (χ2v) is 13.4. The van der Waals surface area contributed by atoms with Gasteiger partial charge >= 0.3 is 19.9 Å². The second-order valence-electron chi connectivity index (χ2n) is 11.4. The molecular weight excluding hydrogens is 639 g/mol. The van der Waals surface area contributed by atoms with E-state index in [0.717, 1.165) is 32.5 Å². The van der Waals surface area contributed by atoms with Gasteiger partial charge < -0.3 is 14.2 Å². The van der Waals surface area contributed by atoms with Crippen LogP contribution >= 0.6 is 7.75 Å². The first-order chi connectivity index (χ1) is 22.9. The van der Waals surface area contributed by atoms with Gasteiger partial charge in [0.25, 0.3) is 5.91 Å². The van der Waals surface area contributed by atoms with E-state index >= 15 is 0 Å². The first-order valence-corrected chi connectivity index (χ1v) is 16.8. The molecule has 48 heavy (non-hydrogen) atoms. The molecule has 0 saturated heterocycles. The van der Waals surface area contributed by atoms with Crippen molar-refractivity contribution in [1.29, 1.82) is 0 Å². The third-order valence-corrected chi connectivity index (χ3v) is 8.58. The molecule has 254 valence electrons. The van der Waals surface area contributed by atoms with Crippen molar-refractivity contribution in [2.24, 2.45) is 5.92 Å². The number of hydrogen-bond acceptors (Lipinski definition) is 11. The van der Waals surface area contributed by atoms with Crippen molar-refractivity contribution in [2.45, 2.75) is 46.6 Å². The van der Waals surface area contributed by atoms with Crippen molar-refractivity contribution in [2.75, 3.05) is 20.6 Å². The monoisotopic (exact) mass is 678 g/mol. The fraction of sp³-hybridized carbons (Fsp3) is 0.324. The molecule has 0 radical (unpaired) electrons. The van der Waals surface area contributed by atoms with Gasteiger partial charge in [0.2, 0.25) is 13.6 Å². The number of nitrogens with zero attached hydrogens (tertiary/aromatic N) is 3. The quantitative estimate of drug-likeness (QED) is 0.0784. The normalized spacial score (nSPS) is 12.7. The van der Waals surface area contributed by atoms with Gasteiger partial charge in [0.05, 0.1) is 23.0 Å². The van der Waals surface area contributed by atoms with Crippen LogP contribution in [0.5, 0.6) is 0 Å². The molecule has 0 spiro atoms. The van der Waals surface area contributed by atoms with Gasteiger partial charge in [-0.15, -0.1) is 0 Å². The number of esters is 1. The summed E-state index contributed by atoms with van der Waals surface area (Å²) in [5.41, 5.74) is 4.13. The van der Waals surface area contributed by atoms with E-state index in [1.54, 1.807) is 44.3 Å². The van der Waals surface area contributed by atoms with Crippen LogP contribution in [-0.4, -0.2) is 64.6 Å². The number of carbonyl (C=O) groups is 3. The van der Waals surface area contributed by atoms with Gasteiger partial charge in [-0.3, -0.25) is 28.7 Å². The zero-order valence-electron chi connectivity index (χ0n) is 27.5. The van der Waals surface area contributed by atoms with Crippen molar-refractivity contribution < 1.29 is 42.2 Å². The Bertz CT molecular complexity index is 1760. The first-order valence-electron chi connectivity index (χ1n) is 15.3. The molecule has 0 saturated carbocycles. The highest BCUT2D eigenvalue weighted by molar-refractivity contribution is 7.52. The number of benzene rings is 2. The Balaban J connectivity index is 1.51. The molecule has 0 fully saturated rings. The van der Waals surface area contributed by atoms with Crippen LogP contribution in [0.1, 0.15) is 67.0 Å². The van der Waals surface area contributed by atoms with Gasteiger partial charge in [0.15, 0.2) is 0 Å². The lowest BCUT2D eigenvalue weighted by atomic mass is 9.98. The Morgan fingerprint density at radius 3 is 2.38 bits per heavy atom. The van der Waals surface area contributed by atoms with Crippen molar-refractivity contribution >= 4 is 48.8 Å². The molecule has 0 bridgehead atoms. The number of ether oxygens (including phenoxy) is 3. The molecule has 4 rings (SSSR count). The smallest absolute Gasteiger partial charge is 0.438 e. The molecule has 14 heteroatoms. The molecule has 1 atom stereocenters. The number of hydrogen-bond donors (Lipinski definition) is 1. The van der Waals surface area contributed by atoms with Crippen molar-refractivity contribution in [1.82, 2.24) is 19.9 Å². The highest BCUT2D eigenvalue weighted by Crippen LogP contribution is 2.52. The van der Waals surface area contributed by atoms with Crippen molar-refractivity contribution in [3.05, 3.63) is 94.9 Å². The highest BCUT2D eigenvalue weighted by atomic mass is 31.2. The standard InChI is InChI=1S/C34H39N4O9P/c1-23(2)18-32(39)43-21-45-48(42,46-22-44-34(41)47-24(3)4)38(5)33(40)28-12-7-6-10-26(28)19-25-13-15-29-30(36-37-31(29)20-25)16-14-27-11-8-9-17-35-27/h6-17,20,23-24H,18-19,21-22H2,1-5H3,(H,36,37)/b16-14+. The number of H-pyrrole nitrogens is 1. The summed E-state index contributed by atoms with van der Waals surface area (Å²) in [7, 11) is -3.30. The van der Waals surface area contributed by atoms with Crippen LogP contribution in [-0.2, 0) is 39.0 Å². The van der Waals surface area contributed by atoms with E-state index in [1.807, 2.05) is 62.4 Å². The SMILES string of the molecule is CC(C)CC(=O)OCOP(=O)(OCOC(=O)OC(C)C)N(C)C(=O)c1ccccc1Cc1ccc2c(/C=C/c3ccccn3)n[nH]c2c1. The first kappa shape index (κ1) is 36.0. The summed E-state index contributed by atoms with van der Waals surface area (Å²) in [5.74, 6) is -1.26. The Morgan fingerprint density at radius 1 is 0.938 bits per heavy atom. The summed E-state index contributed by atoms with van der Waals surface area (Å²) in [5, 5.41) is 8.39. The number of aromatic amines is 1. The molecule has 1 amide bonds. The number of fused-ring (bicyclic) bond motifs is 1. The van der Waals surface area contributed by atoms with E-state index in [9.17, 15) is 18.9 Å². The predicted molar refractivity (Wildman–Crippen MR) is 178 cm³/mol. The fourth-order valence-electron chi connectivity index (χ4n) is 4.48. The van der Waals surface area contributed by atoms with Crippen molar-refractivity contribution in [3.8, 4) is 0 Å². The topological polar surface area (TPSA) is 159 Å². The van der Waals surface area contributed by atoms with Gasteiger partial charge in [0.1, 0.15) is 0 Å². The number of nitrogens with one attached hydrogen (secondary N) is 1. The largest absolute Gasteiger partial charge is 0.510 e. The second kappa shape index (κ2) is 16.8. The van der Waals surface area contributed by atoms with Gasteiger partial charge in [-0.05, 0) is 73.7 Å². The fourth-order valence-corrected chi connectivity index (χ4v) is 5.60. The lowest BCUT2D eigenvalue weighted by molar-refractivity contribution is -0.151. The number of carbonyl (C=O) groups excluding carboxylic acids is 3. The molecule has 1 unspecified atom stereocenters. The lowest BCUT2D eigenvalue weighted by Gasteiger charge is -2.27. The molecule has 4 aromatic rings. The predicted octanol–water partition coefficient (Wildman–Crippen LogP) is 7.00. The van der Waals surface area contributed by atoms with Crippen LogP contribution in [0.3, 0.4) is 0 Å². The van der Waals surface area contributed by atoms with Crippen LogP contribution < -0.4 is 0 Å². The molecule has 1 N–H and O–H groups in total. The van der Waals surface area contributed by atoms with E-state index in [1.165, 1.54) is 7.05 Å². The minimum atomic E-state index is -4.52. The van der Waals surface area contributed by atoms with E-state index in [2.05, 4.69) is 15.2 Å². The van der Waals surface area contributed by atoms with E-state index in [-0.39, 0.29) is 17.9 Å². The summed E-state index contributed by atoms with van der Waals surface area (Å²) >= 11 is 0. The van der Waals surface area contributed by atoms with E-state index in [0.29, 0.717) is 12.0 Å². The Kier molecular flexibility index (Phi) is 12.6. The molecule has 2 aromatic carbocycles. The summed E-state index contributed by atoms with van der Waals surface area (Å²) in [6.45, 7) is 5.30. The Hall–Kier alpha value is -4.84. The number of pyridine rings is 1. The molecule has 0 aliphatic heterocycles. The zero-order chi connectivity index (χ0) is 34.7. The highest BCUT2D eigenvalue weighted by Gasteiger charge is 2.37. The molecule has 0 aliphatic carbocycles. The van der Waals surface area contributed by atoms with Crippen LogP contribution in [0.4, 0.5) is 4.79 Å². The summed E-state index contributed by atoms with van der Waals surface area (Å²) in [6.07, 6.45) is 4.42. The van der Waals surface area contributed by atoms with Gasteiger partial charge in [-0.2, -0.15) is 5.10 Å². The van der Waals surface area contributed by atoms with E-state index in [4.69, 9.17) is 23.3 Å². The third-order valence-electron chi connectivity index (χ3n) is 6.80. The lowest BCUT2D eigenvalue weighted by Crippen LogP contribution is -2.28. The van der Waals surface area contributed by atoms with Crippen LogP contribution in [0.15, 0.2) is 66.9 Å². The summed E-state index contributed by atoms with van der Waals surface area (Å²) < 4.78 is 40.1. The van der Waals surface area contributed by atoms with E-state index < -0.39 is 45.5 Å². The molecule has 2 heterocycles. The molecular formula is C34H39N4O9P. The van der Waals surface area contributed by atoms with Crippen LogP contribution in [0.25, 0.3) is 23.1 Å². The van der Waals surface area contributed by atoms with Gasteiger partial charge in [-0.1, -0.05) is 50.2 Å². The maximum absolute atomic E-state index is 13.9. The summed E-state index contributed by atoms with van der Waals surface area (Å²) in [6, 6.07) is 18.3. The summed E-state index contributed by atoms with van der Waals surface area (Å²) in [4.78, 5) is 42.0. The average molecular weight is 679 g/mol. The van der Waals surface area contributed by atoms with Gasteiger partial charge in [0, 0.05) is 30.6 Å². The number of amides is 1. The maximum Gasteiger partial charge on any atom is 0.510 e. The third kappa shape index (κ3) is 10.1.